The molecule has 3 rings (SSSR count). The monoisotopic (exact) mass is 423 g/mol. The molecule has 1 saturated heterocycles. The Labute approximate surface area is 149 Å². The number of benzene rings is 1. The number of aliphatic hydroxyl groups is 4. The molecule has 5 atom stereocenters. The fraction of sp³-hybridized carbons (Fsp3) is 0.429. The molecule has 1 aromatic carbocycles. The second-order valence-electron chi connectivity index (χ2n) is 5.30. The van der Waals surface area contributed by atoms with Crippen LogP contribution in [0, 0.1) is 0 Å². The number of alkyl halides is 2. The van der Waals surface area contributed by atoms with Crippen molar-refractivity contribution in [3.05, 3.63) is 30.5 Å². The molecule has 0 saturated carbocycles. The lowest BCUT2D eigenvalue weighted by molar-refractivity contribution is -0.269. The van der Waals surface area contributed by atoms with E-state index in [0.717, 1.165) is 27.6 Å². The van der Waals surface area contributed by atoms with Crippen LogP contribution in [0.3, 0.4) is 0 Å². The van der Waals surface area contributed by atoms with E-state index in [4.69, 9.17) is 16.3 Å². The third kappa shape index (κ3) is 2.81. The van der Waals surface area contributed by atoms with Crippen molar-refractivity contribution in [3.63, 3.8) is 0 Å². The number of hydrogen-bond donors (Lipinski definition) is 5. The first-order valence-corrected chi connectivity index (χ1v) is 8.83. The molecule has 2 aromatic rings. The fourth-order valence-corrected chi connectivity index (χ4v) is 4.79. The maximum Gasteiger partial charge on any atom is 0.195 e. The van der Waals surface area contributed by atoms with Crippen molar-refractivity contribution in [2.45, 2.75) is 32.1 Å². The molecule has 0 amide bonds. The number of aromatic nitrogens is 1. The van der Waals surface area contributed by atoms with Crippen molar-refractivity contribution in [2.75, 3.05) is 6.61 Å². The van der Waals surface area contributed by atoms with Crippen LogP contribution in [0.1, 0.15) is 0 Å². The van der Waals surface area contributed by atoms with E-state index < -0.39 is 33.8 Å². The van der Waals surface area contributed by atoms with Gasteiger partial charge in [0.1, 0.15) is 6.10 Å². The van der Waals surface area contributed by atoms with Crippen molar-refractivity contribution < 1.29 is 25.2 Å². The summed E-state index contributed by atoms with van der Waals surface area (Å²) < 4.78 is 3.25. The third-order valence-electron chi connectivity index (χ3n) is 3.82. The number of fused-ring (bicyclic) bond motifs is 1. The van der Waals surface area contributed by atoms with Crippen LogP contribution < -0.4 is 0 Å². The molecule has 0 spiro atoms. The molecule has 1 aromatic heterocycles. The summed E-state index contributed by atoms with van der Waals surface area (Å²) in [7, 11) is 0. The van der Waals surface area contributed by atoms with Crippen LogP contribution in [0.25, 0.3) is 10.9 Å². The van der Waals surface area contributed by atoms with Gasteiger partial charge in [-0.2, -0.15) is 0 Å². The van der Waals surface area contributed by atoms with Gasteiger partial charge in [0, 0.05) is 22.0 Å². The van der Waals surface area contributed by atoms with E-state index in [-0.39, 0.29) is 0 Å². The summed E-state index contributed by atoms with van der Waals surface area (Å²) in [5.41, 5.74) is 0.891. The summed E-state index contributed by atoms with van der Waals surface area (Å²) in [6.45, 7) is -0.693. The smallest absolute Gasteiger partial charge is 0.195 e. The lowest BCUT2D eigenvalue weighted by Crippen LogP contribution is -2.67. The molecule has 5 N–H and O–H groups in total. The minimum atomic E-state index is -2.16. The number of ether oxygens (including phenoxy) is 1. The summed E-state index contributed by atoms with van der Waals surface area (Å²) in [6, 6.07) is 7.53. The molecule has 23 heavy (non-hydrogen) atoms. The first kappa shape index (κ1) is 17.5. The Morgan fingerprint density at radius 2 is 2.04 bits per heavy atom. The summed E-state index contributed by atoms with van der Waals surface area (Å²) in [6.07, 6.45) is -1.33. The predicted octanol–water partition coefficient (Wildman–Crippen LogP) is 1.35. The van der Waals surface area contributed by atoms with Crippen molar-refractivity contribution in [3.8, 4) is 0 Å². The van der Waals surface area contributed by atoms with Gasteiger partial charge in [0.15, 0.2) is 15.9 Å². The number of hydrogen-bond acceptors (Lipinski definition) is 6. The zero-order valence-corrected chi connectivity index (χ0v) is 14.8. The molecule has 2 heterocycles. The van der Waals surface area contributed by atoms with E-state index >= 15 is 0 Å². The van der Waals surface area contributed by atoms with Gasteiger partial charge in [-0.15, -0.1) is 11.8 Å². The van der Waals surface area contributed by atoms with Crippen molar-refractivity contribution in [2.24, 2.45) is 0 Å². The summed E-state index contributed by atoms with van der Waals surface area (Å²) >= 11 is 10.3. The van der Waals surface area contributed by atoms with Gasteiger partial charge in [0.2, 0.25) is 0 Å². The van der Waals surface area contributed by atoms with Gasteiger partial charge >= 0.3 is 0 Å². The van der Waals surface area contributed by atoms with Crippen LogP contribution >= 0.6 is 39.3 Å². The van der Waals surface area contributed by atoms with Crippen molar-refractivity contribution >= 4 is 50.2 Å². The molecular formula is C14H15BrClNO5S. The minimum Gasteiger partial charge on any atom is -0.392 e. The van der Waals surface area contributed by atoms with E-state index in [1.807, 2.05) is 24.3 Å². The number of thioether (sulfide) groups is 1. The van der Waals surface area contributed by atoms with E-state index in [0.29, 0.717) is 0 Å². The molecular weight excluding hydrogens is 410 g/mol. The molecule has 9 heteroatoms. The number of rotatable bonds is 3. The van der Waals surface area contributed by atoms with Crippen LogP contribution in [-0.4, -0.2) is 59.2 Å². The van der Waals surface area contributed by atoms with Gasteiger partial charge < -0.3 is 30.1 Å². The number of halogens is 2. The Kier molecular flexibility index (Phi) is 4.72. The number of aliphatic hydroxyl groups excluding tert-OH is 3. The molecule has 1 fully saturated rings. The first-order valence-electron chi connectivity index (χ1n) is 6.78. The summed E-state index contributed by atoms with van der Waals surface area (Å²) in [5.74, 6) is 0. The van der Waals surface area contributed by atoms with Crippen molar-refractivity contribution in [1.29, 1.82) is 0 Å². The Balaban J connectivity index is 1.99. The quantitative estimate of drug-likeness (QED) is 0.476. The Hall–Kier alpha value is -0.320. The zero-order valence-electron chi connectivity index (χ0n) is 11.7. The molecule has 1 aliphatic rings. The number of para-hydroxylation sites is 1. The lowest BCUT2D eigenvalue weighted by Gasteiger charge is -2.49. The molecule has 0 bridgehead atoms. The molecule has 0 aliphatic carbocycles. The Bertz CT molecular complexity index is 713. The summed E-state index contributed by atoms with van der Waals surface area (Å²) in [5, 5.41) is 37.9. The van der Waals surface area contributed by atoms with E-state index in [2.05, 4.69) is 20.9 Å². The van der Waals surface area contributed by atoms with Gasteiger partial charge in [0.25, 0.3) is 0 Å². The van der Waals surface area contributed by atoms with E-state index in [1.54, 1.807) is 6.20 Å². The van der Waals surface area contributed by atoms with Gasteiger partial charge in [0.05, 0.1) is 11.9 Å². The van der Waals surface area contributed by atoms with Crippen LogP contribution in [0.4, 0.5) is 0 Å². The SMILES string of the molecule is OC[C@@]1(Br)OC(O)[C@H](O)[C@@H](Sc2c[nH]c3ccccc23)[C@]1(O)Cl. The van der Waals surface area contributed by atoms with Crippen LogP contribution in [0.5, 0.6) is 0 Å². The predicted molar refractivity (Wildman–Crippen MR) is 90.6 cm³/mol. The second-order valence-corrected chi connectivity index (χ2v) is 8.34. The Morgan fingerprint density at radius 1 is 1.35 bits per heavy atom. The van der Waals surface area contributed by atoms with Crippen LogP contribution in [-0.2, 0) is 4.74 Å². The van der Waals surface area contributed by atoms with E-state index in [1.165, 1.54) is 0 Å². The highest BCUT2D eigenvalue weighted by Gasteiger charge is 2.62. The largest absolute Gasteiger partial charge is 0.392 e. The topological polar surface area (TPSA) is 106 Å². The Morgan fingerprint density at radius 3 is 2.74 bits per heavy atom. The first-order chi connectivity index (χ1) is 10.8. The zero-order chi connectivity index (χ0) is 16.8. The number of aromatic amines is 1. The highest BCUT2D eigenvalue weighted by molar-refractivity contribution is 9.10. The average molecular weight is 425 g/mol. The molecule has 0 radical (unpaired) electrons. The van der Waals surface area contributed by atoms with Gasteiger partial charge in [-0.05, 0) is 22.0 Å². The number of H-pyrrole nitrogens is 1. The highest BCUT2D eigenvalue weighted by Crippen LogP contribution is 2.51. The third-order valence-corrected chi connectivity index (χ3v) is 7.22. The van der Waals surface area contributed by atoms with Gasteiger partial charge in [-0.1, -0.05) is 29.8 Å². The maximum absolute atomic E-state index is 10.6. The summed E-state index contributed by atoms with van der Waals surface area (Å²) in [4.78, 5) is 3.83. The average Bonchev–Trinajstić information content (AvgIpc) is 2.93. The van der Waals surface area contributed by atoms with Gasteiger partial charge in [-0.3, -0.25) is 0 Å². The van der Waals surface area contributed by atoms with Crippen LogP contribution in [0.15, 0.2) is 35.4 Å². The lowest BCUT2D eigenvalue weighted by atomic mass is 10.0. The molecule has 1 unspecified atom stereocenters. The number of nitrogens with one attached hydrogen (secondary N) is 1. The molecule has 126 valence electrons. The van der Waals surface area contributed by atoms with Gasteiger partial charge in [-0.25, -0.2) is 0 Å². The van der Waals surface area contributed by atoms with E-state index in [9.17, 15) is 20.4 Å². The maximum atomic E-state index is 10.6. The standard InChI is InChI=1S/C14H15BrClNO5S/c15-13(6-18)14(16,21)11(10(19)12(20)22-13)23-9-5-17-8-4-2-1-3-7(8)9/h1-5,10-12,17-21H,6H2/t10-,11-,12?,13-,14-/m1/s1. The van der Waals surface area contributed by atoms with Crippen LogP contribution in [0.2, 0.25) is 0 Å². The molecule has 6 nitrogen and oxygen atoms in total. The fourth-order valence-electron chi connectivity index (χ4n) is 2.51. The highest BCUT2D eigenvalue weighted by atomic mass is 79.9. The normalized spacial score (nSPS) is 38.1. The second kappa shape index (κ2) is 6.20. The minimum absolute atomic E-state index is 0.693. The van der Waals surface area contributed by atoms with Crippen molar-refractivity contribution in [1.82, 2.24) is 4.98 Å². The molecule has 1 aliphatic heterocycles.